The summed E-state index contributed by atoms with van der Waals surface area (Å²) in [5.74, 6) is 1.87. The quantitative estimate of drug-likeness (QED) is 0.884. The van der Waals surface area contributed by atoms with E-state index in [0.717, 1.165) is 27.1 Å². The van der Waals surface area contributed by atoms with Gasteiger partial charge in [0.1, 0.15) is 5.82 Å². The minimum absolute atomic E-state index is 0.551. The molecule has 0 radical (unpaired) electrons. The van der Waals surface area contributed by atoms with E-state index in [9.17, 15) is 0 Å². The molecule has 3 rings (SSSR count). The molecule has 1 heterocycles. The molecule has 2 N–H and O–H groups in total. The van der Waals surface area contributed by atoms with Crippen LogP contribution in [0.3, 0.4) is 0 Å². The van der Waals surface area contributed by atoms with Crippen molar-refractivity contribution in [3.8, 4) is 11.4 Å². The van der Waals surface area contributed by atoms with Crippen LogP contribution in [0.4, 0.5) is 5.82 Å². The SMILES string of the molecule is Cc1cc(Br)ccc1-c1nc(N)cc(C2CCCC2)n1. The third kappa shape index (κ3) is 2.70. The molecule has 2 aromatic rings. The number of aryl methyl sites for hydroxylation is 1. The van der Waals surface area contributed by atoms with Crippen molar-refractivity contribution in [2.45, 2.75) is 38.5 Å². The molecule has 1 aromatic carbocycles. The van der Waals surface area contributed by atoms with E-state index in [1.54, 1.807) is 0 Å². The molecule has 1 aromatic heterocycles. The van der Waals surface area contributed by atoms with Gasteiger partial charge >= 0.3 is 0 Å². The van der Waals surface area contributed by atoms with Crippen LogP contribution in [-0.2, 0) is 0 Å². The van der Waals surface area contributed by atoms with Gasteiger partial charge in [0.25, 0.3) is 0 Å². The second kappa shape index (κ2) is 5.52. The Hall–Kier alpha value is -1.42. The minimum atomic E-state index is 0.551. The van der Waals surface area contributed by atoms with Gasteiger partial charge in [-0.15, -0.1) is 0 Å². The maximum absolute atomic E-state index is 5.98. The zero-order chi connectivity index (χ0) is 14.1. The van der Waals surface area contributed by atoms with Crippen molar-refractivity contribution in [2.24, 2.45) is 0 Å². The highest BCUT2D eigenvalue weighted by Gasteiger charge is 2.20. The van der Waals surface area contributed by atoms with E-state index >= 15 is 0 Å². The maximum Gasteiger partial charge on any atom is 0.162 e. The van der Waals surface area contributed by atoms with Crippen molar-refractivity contribution in [1.82, 2.24) is 9.97 Å². The number of anilines is 1. The summed E-state index contributed by atoms with van der Waals surface area (Å²) in [6, 6.07) is 8.08. The Bertz CT molecular complexity index is 634. The lowest BCUT2D eigenvalue weighted by Gasteiger charge is -2.12. The Morgan fingerprint density at radius 3 is 2.60 bits per heavy atom. The minimum Gasteiger partial charge on any atom is -0.384 e. The van der Waals surface area contributed by atoms with E-state index in [1.807, 2.05) is 18.2 Å². The summed E-state index contributed by atoms with van der Waals surface area (Å²) >= 11 is 3.49. The lowest BCUT2D eigenvalue weighted by Crippen LogP contribution is -2.04. The van der Waals surface area contributed by atoms with E-state index in [1.165, 1.54) is 25.7 Å². The van der Waals surface area contributed by atoms with E-state index in [0.29, 0.717) is 11.7 Å². The first kappa shape index (κ1) is 13.6. The van der Waals surface area contributed by atoms with E-state index < -0.39 is 0 Å². The lowest BCUT2D eigenvalue weighted by atomic mass is 10.0. The fourth-order valence-electron chi connectivity index (χ4n) is 2.91. The Kier molecular flexibility index (Phi) is 3.74. The summed E-state index contributed by atoms with van der Waals surface area (Å²) in [4.78, 5) is 9.19. The number of halogens is 1. The largest absolute Gasteiger partial charge is 0.384 e. The van der Waals surface area contributed by atoms with Crippen LogP contribution in [-0.4, -0.2) is 9.97 Å². The van der Waals surface area contributed by atoms with Crippen LogP contribution in [0, 0.1) is 6.92 Å². The molecule has 0 atom stereocenters. The maximum atomic E-state index is 5.98. The van der Waals surface area contributed by atoms with Gasteiger partial charge in [-0.1, -0.05) is 28.8 Å². The van der Waals surface area contributed by atoms with Crippen LogP contribution in [0.1, 0.15) is 42.9 Å². The highest BCUT2D eigenvalue weighted by Crippen LogP contribution is 2.34. The van der Waals surface area contributed by atoms with Gasteiger partial charge in [0.15, 0.2) is 5.82 Å². The summed E-state index contributed by atoms with van der Waals surface area (Å²) in [5, 5.41) is 0. The Labute approximate surface area is 127 Å². The van der Waals surface area contributed by atoms with E-state index in [4.69, 9.17) is 10.7 Å². The van der Waals surface area contributed by atoms with Crippen molar-refractivity contribution < 1.29 is 0 Å². The van der Waals surface area contributed by atoms with Gasteiger partial charge in [0.05, 0.1) is 0 Å². The average molecular weight is 332 g/mol. The smallest absolute Gasteiger partial charge is 0.162 e. The van der Waals surface area contributed by atoms with Crippen molar-refractivity contribution in [3.63, 3.8) is 0 Å². The van der Waals surface area contributed by atoms with Gasteiger partial charge in [-0.3, -0.25) is 0 Å². The second-order valence-electron chi connectivity index (χ2n) is 5.48. The molecule has 0 aliphatic heterocycles. The highest BCUT2D eigenvalue weighted by molar-refractivity contribution is 9.10. The number of nitrogens with zero attached hydrogens (tertiary/aromatic N) is 2. The Morgan fingerprint density at radius 2 is 1.90 bits per heavy atom. The number of hydrogen-bond acceptors (Lipinski definition) is 3. The highest BCUT2D eigenvalue weighted by atomic mass is 79.9. The molecule has 1 aliphatic rings. The molecule has 0 bridgehead atoms. The number of hydrogen-bond donors (Lipinski definition) is 1. The molecular formula is C16H18BrN3. The van der Waals surface area contributed by atoms with Crippen LogP contribution in [0.15, 0.2) is 28.7 Å². The fraction of sp³-hybridized carbons (Fsp3) is 0.375. The third-order valence-electron chi connectivity index (χ3n) is 3.97. The van der Waals surface area contributed by atoms with Crippen molar-refractivity contribution >= 4 is 21.7 Å². The van der Waals surface area contributed by atoms with Crippen molar-refractivity contribution in [3.05, 3.63) is 40.0 Å². The molecule has 1 fully saturated rings. The molecule has 3 nitrogen and oxygen atoms in total. The van der Waals surface area contributed by atoms with Gasteiger partial charge in [0.2, 0.25) is 0 Å². The predicted molar refractivity (Wildman–Crippen MR) is 85.5 cm³/mol. The number of rotatable bonds is 2. The van der Waals surface area contributed by atoms with Crippen LogP contribution in [0.2, 0.25) is 0 Å². The van der Waals surface area contributed by atoms with Gasteiger partial charge in [-0.25, -0.2) is 9.97 Å². The lowest BCUT2D eigenvalue weighted by molar-refractivity contribution is 0.696. The first-order valence-electron chi connectivity index (χ1n) is 7.04. The molecule has 4 heteroatoms. The van der Waals surface area contributed by atoms with Crippen LogP contribution in [0.5, 0.6) is 0 Å². The van der Waals surface area contributed by atoms with Crippen molar-refractivity contribution in [2.75, 3.05) is 5.73 Å². The number of aromatic nitrogens is 2. The first-order valence-corrected chi connectivity index (χ1v) is 7.84. The van der Waals surface area contributed by atoms with E-state index in [-0.39, 0.29) is 0 Å². The van der Waals surface area contributed by atoms with Gasteiger partial charge in [-0.05, 0) is 43.5 Å². The summed E-state index contributed by atoms with van der Waals surface area (Å²) in [6.45, 7) is 2.07. The molecule has 0 amide bonds. The predicted octanol–water partition coefficient (Wildman–Crippen LogP) is 4.45. The van der Waals surface area contributed by atoms with Crippen LogP contribution < -0.4 is 5.73 Å². The zero-order valence-corrected chi connectivity index (χ0v) is 13.2. The number of nitrogens with two attached hydrogens (primary N) is 1. The molecule has 20 heavy (non-hydrogen) atoms. The molecule has 104 valence electrons. The normalized spacial score (nSPS) is 15.7. The summed E-state index contributed by atoms with van der Waals surface area (Å²) in [7, 11) is 0. The number of nitrogen functional groups attached to an aromatic ring is 1. The average Bonchev–Trinajstić information content (AvgIpc) is 2.91. The standard InChI is InChI=1S/C16H18BrN3/c1-10-8-12(17)6-7-13(10)16-19-14(9-15(18)20-16)11-4-2-3-5-11/h6-9,11H,2-5H2,1H3,(H2,18,19,20). The molecule has 0 unspecified atom stereocenters. The molecule has 1 aliphatic carbocycles. The van der Waals surface area contributed by atoms with Gasteiger partial charge in [0, 0.05) is 27.7 Å². The van der Waals surface area contributed by atoms with E-state index in [2.05, 4.69) is 33.9 Å². The number of benzene rings is 1. The van der Waals surface area contributed by atoms with Crippen LogP contribution in [0.25, 0.3) is 11.4 Å². The summed E-state index contributed by atoms with van der Waals surface area (Å²) in [5.41, 5.74) is 9.30. The first-order chi connectivity index (χ1) is 9.63. The Balaban J connectivity index is 2.04. The zero-order valence-electron chi connectivity index (χ0n) is 11.6. The van der Waals surface area contributed by atoms with Crippen molar-refractivity contribution in [1.29, 1.82) is 0 Å². The van der Waals surface area contributed by atoms with Gasteiger partial charge < -0.3 is 5.73 Å². The second-order valence-corrected chi connectivity index (χ2v) is 6.40. The summed E-state index contributed by atoms with van der Waals surface area (Å²) in [6.07, 6.45) is 5.02. The van der Waals surface area contributed by atoms with Gasteiger partial charge in [-0.2, -0.15) is 0 Å². The molecule has 1 saturated carbocycles. The van der Waals surface area contributed by atoms with Crippen LogP contribution >= 0.6 is 15.9 Å². The third-order valence-corrected chi connectivity index (χ3v) is 4.46. The molecular weight excluding hydrogens is 314 g/mol. The topological polar surface area (TPSA) is 51.8 Å². The molecule has 0 saturated heterocycles. The molecule has 0 spiro atoms. The Morgan fingerprint density at radius 1 is 1.15 bits per heavy atom. The fourth-order valence-corrected chi connectivity index (χ4v) is 3.39. The summed E-state index contributed by atoms with van der Waals surface area (Å²) < 4.78 is 1.07. The monoisotopic (exact) mass is 331 g/mol.